The van der Waals surface area contributed by atoms with Crippen LogP contribution in [0.1, 0.15) is 21.5 Å². The van der Waals surface area contributed by atoms with E-state index in [1.165, 1.54) is 10.9 Å². The highest BCUT2D eigenvalue weighted by atomic mass is 16.5. The van der Waals surface area contributed by atoms with Crippen LogP contribution in [0.5, 0.6) is 5.75 Å². The predicted molar refractivity (Wildman–Crippen MR) is 96.7 cm³/mol. The van der Waals surface area contributed by atoms with E-state index < -0.39 is 5.91 Å². The zero-order valence-corrected chi connectivity index (χ0v) is 14.0. The molecule has 3 rings (SSSR count). The molecule has 3 aromatic carbocycles. The molecule has 0 spiro atoms. The smallest absolute Gasteiger partial charge is 0.274 e. The number of benzene rings is 3. The summed E-state index contributed by atoms with van der Waals surface area (Å²) in [6.45, 7) is 1.41. The molecule has 0 heterocycles. The summed E-state index contributed by atoms with van der Waals surface area (Å²) in [5.74, 6) is 0.362. The normalized spacial score (nSPS) is 10.6. The zero-order valence-electron chi connectivity index (χ0n) is 14.0. The molecule has 0 fully saturated rings. The van der Waals surface area contributed by atoms with E-state index in [-0.39, 0.29) is 0 Å². The second-order valence-corrected chi connectivity index (χ2v) is 5.71. The average molecular weight is 336 g/mol. The van der Waals surface area contributed by atoms with Gasteiger partial charge in [0, 0.05) is 24.0 Å². The minimum absolute atomic E-state index is 0.424. The van der Waals surface area contributed by atoms with Crippen LogP contribution in [0.2, 0.25) is 0 Å². The topological polar surface area (TPSA) is 70.6 Å². The molecule has 0 saturated heterocycles. The van der Waals surface area contributed by atoms with Crippen LogP contribution >= 0.6 is 0 Å². The average Bonchev–Trinajstić information content (AvgIpc) is 2.68. The number of carbonyl (C=O) groups is 1. The summed E-state index contributed by atoms with van der Waals surface area (Å²) in [6.07, 6.45) is 0. The van der Waals surface area contributed by atoms with Crippen molar-refractivity contribution in [3.63, 3.8) is 0 Å². The van der Waals surface area contributed by atoms with Crippen LogP contribution in [0.3, 0.4) is 0 Å². The molecule has 0 unspecified atom stereocenters. The Morgan fingerprint density at radius 1 is 0.960 bits per heavy atom. The summed E-state index contributed by atoms with van der Waals surface area (Å²) >= 11 is 0. The molecular weight excluding hydrogens is 316 g/mol. The van der Waals surface area contributed by atoms with Gasteiger partial charge in [0.1, 0.15) is 5.75 Å². The quantitative estimate of drug-likeness (QED) is 0.477. The fourth-order valence-corrected chi connectivity index (χ4v) is 2.85. The fourth-order valence-electron chi connectivity index (χ4n) is 2.85. The maximum Gasteiger partial charge on any atom is 0.274 e. The first-order valence-corrected chi connectivity index (χ1v) is 8.01. The first kappa shape index (κ1) is 17.0. The Hall–Kier alpha value is -2.89. The summed E-state index contributed by atoms with van der Waals surface area (Å²) in [5, 5.41) is 14.3. The van der Waals surface area contributed by atoms with Gasteiger partial charge in [-0.25, -0.2) is 5.48 Å². The van der Waals surface area contributed by atoms with E-state index in [4.69, 9.17) is 9.94 Å². The number of ether oxygens (including phenoxy) is 1. The van der Waals surface area contributed by atoms with Crippen molar-refractivity contribution >= 4 is 16.7 Å². The Labute approximate surface area is 146 Å². The van der Waals surface area contributed by atoms with Gasteiger partial charge >= 0.3 is 0 Å². The number of hydrogen-bond donors (Lipinski definition) is 3. The van der Waals surface area contributed by atoms with Gasteiger partial charge in [0.2, 0.25) is 0 Å². The highest BCUT2D eigenvalue weighted by Gasteiger charge is 2.06. The largest absolute Gasteiger partial charge is 0.496 e. The Kier molecular flexibility index (Phi) is 5.28. The number of rotatable bonds is 6. The van der Waals surface area contributed by atoms with Crippen molar-refractivity contribution in [1.29, 1.82) is 0 Å². The van der Waals surface area contributed by atoms with Gasteiger partial charge < -0.3 is 10.1 Å². The van der Waals surface area contributed by atoms with Crippen molar-refractivity contribution in [3.8, 4) is 5.75 Å². The number of hydrogen-bond acceptors (Lipinski definition) is 4. The third-order valence-corrected chi connectivity index (χ3v) is 4.16. The molecule has 0 bridgehead atoms. The third-order valence-electron chi connectivity index (χ3n) is 4.16. The lowest BCUT2D eigenvalue weighted by molar-refractivity contribution is 0.0706. The number of fused-ring (bicyclic) bond motifs is 1. The third kappa shape index (κ3) is 3.79. The Bertz CT molecular complexity index is 876. The van der Waals surface area contributed by atoms with E-state index >= 15 is 0 Å². The van der Waals surface area contributed by atoms with E-state index in [0.29, 0.717) is 12.1 Å². The van der Waals surface area contributed by atoms with Gasteiger partial charge in [0.15, 0.2) is 0 Å². The molecule has 0 radical (unpaired) electrons. The molecule has 0 aromatic heterocycles. The first-order chi connectivity index (χ1) is 12.2. The molecule has 0 aliphatic rings. The standard InChI is InChI=1S/C20H20N2O3/c1-25-19-11-10-16(17-4-2-3-5-18(17)19)13-21-12-14-6-8-15(9-7-14)20(23)22-24/h2-11,21,24H,12-13H2,1H3,(H,22,23). The maximum absolute atomic E-state index is 11.3. The molecule has 3 aromatic rings. The predicted octanol–water partition coefficient (Wildman–Crippen LogP) is 3.26. The lowest BCUT2D eigenvalue weighted by atomic mass is 10.0. The number of nitrogens with one attached hydrogen (secondary N) is 2. The van der Waals surface area contributed by atoms with Gasteiger partial charge in [-0.1, -0.05) is 42.5 Å². The van der Waals surface area contributed by atoms with Crippen molar-refractivity contribution in [2.24, 2.45) is 0 Å². The number of amides is 1. The molecule has 0 saturated carbocycles. The first-order valence-electron chi connectivity index (χ1n) is 8.01. The van der Waals surface area contributed by atoms with Crippen LogP contribution in [0.15, 0.2) is 60.7 Å². The van der Waals surface area contributed by atoms with E-state index in [2.05, 4.69) is 23.5 Å². The van der Waals surface area contributed by atoms with Gasteiger partial charge in [-0.3, -0.25) is 10.0 Å². The maximum atomic E-state index is 11.3. The summed E-state index contributed by atoms with van der Waals surface area (Å²) in [5.41, 5.74) is 4.31. The second-order valence-electron chi connectivity index (χ2n) is 5.71. The molecule has 25 heavy (non-hydrogen) atoms. The van der Waals surface area contributed by atoms with Gasteiger partial charge in [-0.2, -0.15) is 0 Å². The molecular formula is C20H20N2O3. The minimum atomic E-state index is -0.510. The highest BCUT2D eigenvalue weighted by Crippen LogP contribution is 2.28. The summed E-state index contributed by atoms with van der Waals surface area (Å²) in [6, 6.07) is 19.3. The molecule has 3 N–H and O–H groups in total. The molecule has 1 amide bonds. The fraction of sp³-hybridized carbons (Fsp3) is 0.150. The van der Waals surface area contributed by atoms with Crippen LogP contribution in [0, 0.1) is 0 Å². The number of methoxy groups -OCH3 is 1. The monoisotopic (exact) mass is 336 g/mol. The SMILES string of the molecule is COc1ccc(CNCc2ccc(C(=O)NO)cc2)c2ccccc12. The number of carbonyl (C=O) groups excluding carboxylic acids is 1. The van der Waals surface area contributed by atoms with E-state index in [1.54, 1.807) is 24.7 Å². The second kappa shape index (κ2) is 7.79. The lowest BCUT2D eigenvalue weighted by Crippen LogP contribution is -2.18. The molecule has 5 nitrogen and oxygen atoms in total. The summed E-state index contributed by atoms with van der Waals surface area (Å²) in [7, 11) is 1.68. The van der Waals surface area contributed by atoms with Crippen LogP contribution < -0.4 is 15.5 Å². The van der Waals surface area contributed by atoms with Crippen LogP contribution in [0.25, 0.3) is 10.8 Å². The van der Waals surface area contributed by atoms with Crippen molar-refractivity contribution < 1.29 is 14.7 Å². The van der Waals surface area contributed by atoms with Gasteiger partial charge in [0.05, 0.1) is 7.11 Å². The van der Waals surface area contributed by atoms with Crippen molar-refractivity contribution in [2.75, 3.05) is 7.11 Å². The highest BCUT2D eigenvalue weighted by molar-refractivity contribution is 5.93. The zero-order chi connectivity index (χ0) is 17.6. The summed E-state index contributed by atoms with van der Waals surface area (Å²) in [4.78, 5) is 11.3. The van der Waals surface area contributed by atoms with Crippen LogP contribution in [-0.4, -0.2) is 18.2 Å². The van der Waals surface area contributed by atoms with Gasteiger partial charge in [-0.05, 0) is 34.7 Å². The Balaban J connectivity index is 1.68. The van der Waals surface area contributed by atoms with Crippen molar-refractivity contribution in [2.45, 2.75) is 13.1 Å². The van der Waals surface area contributed by atoms with E-state index in [0.717, 1.165) is 23.2 Å². The number of hydroxylamine groups is 1. The van der Waals surface area contributed by atoms with Gasteiger partial charge in [-0.15, -0.1) is 0 Å². The summed E-state index contributed by atoms with van der Waals surface area (Å²) < 4.78 is 5.43. The van der Waals surface area contributed by atoms with E-state index in [1.807, 2.05) is 30.3 Å². The minimum Gasteiger partial charge on any atom is -0.496 e. The van der Waals surface area contributed by atoms with Crippen molar-refractivity contribution in [3.05, 3.63) is 77.4 Å². The van der Waals surface area contributed by atoms with E-state index in [9.17, 15) is 4.79 Å². The molecule has 0 aliphatic carbocycles. The Morgan fingerprint density at radius 3 is 2.36 bits per heavy atom. The van der Waals surface area contributed by atoms with Crippen LogP contribution in [0.4, 0.5) is 0 Å². The molecule has 0 aliphatic heterocycles. The van der Waals surface area contributed by atoms with Crippen molar-refractivity contribution in [1.82, 2.24) is 10.8 Å². The Morgan fingerprint density at radius 2 is 1.68 bits per heavy atom. The molecule has 128 valence electrons. The van der Waals surface area contributed by atoms with Crippen LogP contribution in [-0.2, 0) is 13.1 Å². The molecule has 0 atom stereocenters. The molecule has 5 heteroatoms. The lowest BCUT2D eigenvalue weighted by Gasteiger charge is -2.11. The van der Waals surface area contributed by atoms with Gasteiger partial charge in [0.25, 0.3) is 5.91 Å².